The summed E-state index contributed by atoms with van der Waals surface area (Å²) in [6.07, 6.45) is 3.69. The van der Waals surface area contributed by atoms with E-state index < -0.39 is 0 Å². The first kappa shape index (κ1) is 11.8. The lowest BCUT2D eigenvalue weighted by molar-refractivity contribution is -0.116. The molecule has 1 nitrogen and oxygen atoms in total. The number of benzene rings is 1. The number of aryl methyl sites for hydroxylation is 2. The van der Waals surface area contributed by atoms with Gasteiger partial charge in [-0.25, -0.2) is 0 Å². The number of carbonyl (C=O) groups is 1. The molecule has 0 fully saturated rings. The van der Waals surface area contributed by atoms with Crippen LogP contribution in [0, 0.1) is 0 Å². The highest BCUT2D eigenvalue weighted by Crippen LogP contribution is 2.30. The Bertz CT molecular complexity index is 411. The van der Waals surface area contributed by atoms with Gasteiger partial charge in [0.1, 0.15) is 5.78 Å². The lowest BCUT2D eigenvalue weighted by atomic mass is 9.93. The highest BCUT2D eigenvalue weighted by Gasteiger charge is 2.21. The Morgan fingerprint density at radius 3 is 2.69 bits per heavy atom. The van der Waals surface area contributed by atoms with Crippen LogP contribution in [0.4, 0.5) is 0 Å². The van der Waals surface area contributed by atoms with Crippen LogP contribution in [0.25, 0.3) is 0 Å². The minimum absolute atomic E-state index is 0.0630. The highest BCUT2D eigenvalue weighted by molar-refractivity contribution is 9.10. The monoisotopic (exact) mass is 280 g/mol. The van der Waals surface area contributed by atoms with Crippen LogP contribution in [0.1, 0.15) is 42.9 Å². The van der Waals surface area contributed by atoms with Gasteiger partial charge >= 0.3 is 0 Å². The Balaban J connectivity index is 2.24. The van der Waals surface area contributed by atoms with Crippen molar-refractivity contribution in [3.63, 3.8) is 0 Å². The fourth-order valence-corrected chi connectivity index (χ4v) is 2.70. The van der Waals surface area contributed by atoms with Crippen molar-refractivity contribution in [1.82, 2.24) is 0 Å². The Hall–Kier alpha value is -0.630. The van der Waals surface area contributed by atoms with Gasteiger partial charge in [0.05, 0.1) is 4.83 Å². The molecule has 16 heavy (non-hydrogen) atoms. The number of fused-ring (bicyclic) bond motifs is 1. The van der Waals surface area contributed by atoms with E-state index in [0.29, 0.717) is 0 Å². The van der Waals surface area contributed by atoms with Crippen LogP contribution in [-0.4, -0.2) is 10.6 Å². The molecule has 2 heteroatoms. The van der Waals surface area contributed by atoms with Crippen molar-refractivity contribution in [2.45, 2.75) is 43.9 Å². The molecule has 0 aromatic heterocycles. The Morgan fingerprint density at radius 1 is 1.31 bits per heavy atom. The number of rotatable bonds is 3. The summed E-state index contributed by atoms with van der Waals surface area (Å²) in [7, 11) is 0. The highest BCUT2D eigenvalue weighted by atomic mass is 79.9. The minimum Gasteiger partial charge on any atom is -0.299 e. The molecular formula is C14H17BrO. The summed E-state index contributed by atoms with van der Waals surface area (Å²) >= 11 is 3.48. The zero-order chi connectivity index (χ0) is 11.7. The van der Waals surface area contributed by atoms with E-state index in [1.807, 2.05) is 0 Å². The average Bonchev–Trinajstić information content (AvgIpc) is 2.73. The number of ketones is 1. The number of hydrogen-bond donors (Lipinski definition) is 0. The molecule has 1 aromatic rings. The van der Waals surface area contributed by atoms with Gasteiger partial charge in [0, 0.05) is 5.92 Å². The van der Waals surface area contributed by atoms with Crippen molar-refractivity contribution in [3.8, 4) is 0 Å². The standard InChI is InChI=1S/C14H17BrO/c1-9(14(15)10(2)16)12-7-6-11-4-3-5-13(11)8-12/h6-9,14H,3-5H2,1-2H3. The van der Waals surface area contributed by atoms with Crippen LogP contribution >= 0.6 is 15.9 Å². The van der Waals surface area contributed by atoms with Crippen molar-refractivity contribution in [1.29, 1.82) is 0 Å². The summed E-state index contributed by atoms with van der Waals surface area (Å²) in [5.74, 6) is 0.455. The third kappa shape index (κ3) is 2.22. The van der Waals surface area contributed by atoms with Crippen LogP contribution in [0.5, 0.6) is 0 Å². The van der Waals surface area contributed by atoms with E-state index in [4.69, 9.17) is 0 Å². The molecule has 2 rings (SSSR count). The zero-order valence-corrected chi connectivity index (χ0v) is 11.4. The summed E-state index contributed by atoms with van der Waals surface area (Å²) in [6.45, 7) is 3.75. The maximum atomic E-state index is 11.3. The molecular weight excluding hydrogens is 264 g/mol. The smallest absolute Gasteiger partial charge is 0.144 e. The van der Waals surface area contributed by atoms with E-state index in [0.717, 1.165) is 0 Å². The lowest BCUT2D eigenvalue weighted by Crippen LogP contribution is -2.17. The van der Waals surface area contributed by atoms with Crippen molar-refractivity contribution in [2.75, 3.05) is 0 Å². The van der Waals surface area contributed by atoms with Gasteiger partial charge in [0.15, 0.2) is 0 Å². The Labute approximate surface area is 105 Å². The molecule has 2 unspecified atom stereocenters. The summed E-state index contributed by atoms with van der Waals surface area (Å²) in [5, 5.41) is 0. The molecule has 0 amide bonds. The molecule has 0 saturated heterocycles. The van der Waals surface area contributed by atoms with E-state index in [1.165, 1.54) is 36.0 Å². The first-order valence-corrected chi connectivity index (χ1v) is 6.77. The second-order valence-corrected chi connectivity index (χ2v) is 5.67. The number of alkyl halides is 1. The van der Waals surface area contributed by atoms with Crippen molar-refractivity contribution in [2.24, 2.45) is 0 Å². The van der Waals surface area contributed by atoms with Crippen molar-refractivity contribution < 1.29 is 4.79 Å². The maximum absolute atomic E-state index is 11.3. The van der Waals surface area contributed by atoms with Gasteiger partial charge in [-0.15, -0.1) is 0 Å². The van der Waals surface area contributed by atoms with Gasteiger partial charge in [-0.05, 0) is 42.9 Å². The Kier molecular flexibility index (Phi) is 3.48. The maximum Gasteiger partial charge on any atom is 0.144 e. The lowest BCUT2D eigenvalue weighted by Gasteiger charge is -2.17. The van der Waals surface area contributed by atoms with Gasteiger partial charge < -0.3 is 0 Å². The summed E-state index contributed by atoms with van der Waals surface area (Å²) in [6, 6.07) is 6.68. The average molecular weight is 281 g/mol. The number of halogens is 1. The molecule has 86 valence electrons. The first-order chi connectivity index (χ1) is 7.59. The van der Waals surface area contributed by atoms with Crippen LogP contribution in [-0.2, 0) is 17.6 Å². The van der Waals surface area contributed by atoms with Gasteiger partial charge in [0.25, 0.3) is 0 Å². The number of carbonyl (C=O) groups excluding carboxylic acids is 1. The second kappa shape index (κ2) is 4.70. The molecule has 1 aliphatic carbocycles. The number of Topliss-reactive ketones (excluding diaryl/α,β-unsaturated/α-hetero) is 1. The first-order valence-electron chi connectivity index (χ1n) is 5.86. The van der Waals surface area contributed by atoms with E-state index >= 15 is 0 Å². The summed E-state index contributed by atoms with van der Waals surface area (Å²) in [4.78, 5) is 11.3. The molecule has 0 aliphatic heterocycles. The summed E-state index contributed by atoms with van der Waals surface area (Å²) < 4.78 is 0. The zero-order valence-electron chi connectivity index (χ0n) is 9.79. The quantitative estimate of drug-likeness (QED) is 0.773. The van der Waals surface area contributed by atoms with Crippen molar-refractivity contribution in [3.05, 3.63) is 34.9 Å². The molecule has 1 aromatic carbocycles. The fraction of sp³-hybridized carbons (Fsp3) is 0.500. The van der Waals surface area contributed by atoms with Crippen LogP contribution in [0.15, 0.2) is 18.2 Å². The van der Waals surface area contributed by atoms with Crippen molar-refractivity contribution >= 4 is 21.7 Å². The third-order valence-corrected chi connectivity index (χ3v) is 4.91. The predicted molar refractivity (Wildman–Crippen MR) is 70.3 cm³/mol. The van der Waals surface area contributed by atoms with Gasteiger partial charge in [0.2, 0.25) is 0 Å². The van der Waals surface area contributed by atoms with Gasteiger partial charge in [-0.3, -0.25) is 4.79 Å². The van der Waals surface area contributed by atoms with E-state index in [9.17, 15) is 4.79 Å². The predicted octanol–water partition coefficient (Wildman–Crippen LogP) is 3.63. The fourth-order valence-electron chi connectivity index (χ4n) is 2.40. The third-order valence-electron chi connectivity index (χ3n) is 3.48. The SMILES string of the molecule is CC(=O)C(Br)C(C)c1ccc2c(c1)CCC2. The van der Waals surface area contributed by atoms with Crippen LogP contribution in [0.2, 0.25) is 0 Å². The Morgan fingerprint density at radius 2 is 2.00 bits per heavy atom. The summed E-state index contributed by atoms with van der Waals surface area (Å²) in [5.41, 5.74) is 4.25. The molecule has 0 N–H and O–H groups in total. The van der Waals surface area contributed by atoms with E-state index in [2.05, 4.69) is 41.1 Å². The number of hydrogen-bond acceptors (Lipinski definition) is 1. The molecule has 0 radical (unpaired) electrons. The van der Waals surface area contributed by atoms with Crippen LogP contribution < -0.4 is 0 Å². The second-order valence-electron chi connectivity index (χ2n) is 4.68. The topological polar surface area (TPSA) is 17.1 Å². The normalized spacial score (nSPS) is 17.9. The largest absolute Gasteiger partial charge is 0.299 e. The van der Waals surface area contributed by atoms with Crippen LogP contribution in [0.3, 0.4) is 0 Å². The molecule has 2 atom stereocenters. The van der Waals surface area contributed by atoms with E-state index in [-0.39, 0.29) is 16.5 Å². The minimum atomic E-state index is -0.0630. The molecule has 1 aliphatic rings. The van der Waals surface area contributed by atoms with E-state index in [1.54, 1.807) is 6.92 Å². The van der Waals surface area contributed by atoms with Gasteiger partial charge in [-0.1, -0.05) is 41.1 Å². The van der Waals surface area contributed by atoms with Gasteiger partial charge in [-0.2, -0.15) is 0 Å². The molecule has 0 bridgehead atoms. The molecule has 0 saturated carbocycles. The molecule has 0 spiro atoms. The molecule has 0 heterocycles.